The third-order valence-corrected chi connectivity index (χ3v) is 5.04. The summed E-state index contributed by atoms with van der Waals surface area (Å²) in [5, 5.41) is 6.41. The van der Waals surface area contributed by atoms with Crippen molar-refractivity contribution in [3.8, 4) is 5.75 Å². The summed E-state index contributed by atoms with van der Waals surface area (Å²) in [5.41, 5.74) is 0.756. The van der Waals surface area contributed by atoms with Gasteiger partial charge in [0.1, 0.15) is 11.9 Å². The molecule has 6 heteroatoms. The van der Waals surface area contributed by atoms with Gasteiger partial charge in [-0.05, 0) is 49.9 Å². The third kappa shape index (κ3) is 5.87. The largest absolute Gasteiger partial charge is 0.486 e. The fourth-order valence-corrected chi connectivity index (χ4v) is 3.53. The van der Waals surface area contributed by atoms with E-state index in [1.165, 1.54) is 0 Å². The fourth-order valence-electron chi connectivity index (χ4n) is 3.53. The highest BCUT2D eigenvalue weighted by Gasteiger charge is 2.23. The Labute approximate surface area is 156 Å². The van der Waals surface area contributed by atoms with Crippen LogP contribution in [0, 0.1) is 11.8 Å². The lowest BCUT2D eigenvalue weighted by molar-refractivity contribution is -0.117. The molecule has 2 fully saturated rings. The topological polar surface area (TPSA) is 59.6 Å². The molecule has 3 rings (SSSR count). The maximum atomic E-state index is 12.4. The van der Waals surface area contributed by atoms with Crippen LogP contribution >= 0.6 is 12.4 Å². The first-order valence-corrected chi connectivity index (χ1v) is 9.06. The number of hydrogen-bond acceptors (Lipinski definition) is 4. The van der Waals surface area contributed by atoms with Crippen LogP contribution in [0.2, 0.25) is 0 Å². The lowest BCUT2D eigenvalue weighted by Gasteiger charge is -2.28. The monoisotopic (exact) mass is 368 g/mol. The molecule has 0 spiro atoms. The smallest absolute Gasteiger partial charge is 0.224 e. The van der Waals surface area contributed by atoms with Crippen molar-refractivity contribution in [2.75, 3.05) is 31.6 Å². The molecule has 0 radical (unpaired) electrons. The summed E-state index contributed by atoms with van der Waals surface area (Å²) in [6.45, 7) is 5.68. The number of anilines is 1. The number of benzene rings is 1. The number of ether oxygens (including phenoxy) is 2. The molecule has 25 heavy (non-hydrogen) atoms. The van der Waals surface area contributed by atoms with Crippen molar-refractivity contribution >= 4 is 24.0 Å². The Balaban J connectivity index is 0.00000225. The predicted octanol–water partition coefficient (Wildman–Crippen LogP) is 3.24. The summed E-state index contributed by atoms with van der Waals surface area (Å²) in [7, 11) is 0. The molecule has 2 atom stereocenters. The Kier molecular flexibility index (Phi) is 8.00. The standard InChI is InChI=1S/C19H28N2O3.ClH/c1-14(15-6-9-20-10-7-15)12-19(22)21-17-4-2-3-5-18(17)24-16-8-11-23-13-16;/h2-5,14-16,20H,6-13H2,1H3,(H,21,22);1H. The van der Waals surface area contributed by atoms with E-state index < -0.39 is 0 Å². The number of carbonyl (C=O) groups is 1. The highest BCUT2D eigenvalue weighted by Crippen LogP contribution is 2.28. The minimum atomic E-state index is 0. The minimum absolute atomic E-state index is 0. The molecule has 0 bridgehead atoms. The van der Waals surface area contributed by atoms with Crippen molar-refractivity contribution in [3.63, 3.8) is 0 Å². The molecule has 0 aromatic heterocycles. The number of rotatable bonds is 6. The van der Waals surface area contributed by atoms with Crippen LogP contribution < -0.4 is 15.4 Å². The molecule has 1 amide bonds. The first-order valence-electron chi connectivity index (χ1n) is 9.06. The van der Waals surface area contributed by atoms with E-state index in [1.807, 2.05) is 24.3 Å². The summed E-state index contributed by atoms with van der Waals surface area (Å²) < 4.78 is 11.3. The van der Waals surface area contributed by atoms with E-state index in [0.717, 1.165) is 50.4 Å². The van der Waals surface area contributed by atoms with Crippen LogP contribution in [0.15, 0.2) is 24.3 Å². The second-order valence-corrected chi connectivity index (χ2v) is 6.92. The van der Waals surface area contributed by atoms with E-state index in [-0.39, 0.29) is 24.4 Å². The number of halogens is 1. The zero-order chi connectivity index (χ0) is 16.8. The van der Waals surface area contributed by atoms with Crippen molar-refractivity contribution in [3.05, 3.63) is 24.3 Å². The van der Waals surface area contributed by atoms with Crippen LogP contribution in [0.1, 0.15) is 32.6 Å². The van der Waals surface area contributed by atoms with Gasteiger partial charge in [-0.25, -0.2) is 0 Å². The van der Waals surface area contributed by atoms with Crippen molar-refractivity contribution in [1.29, 1.82) is 0 Å². The molecule has 2 heterocycles. The Bertz CT molecular complexity index is 543. The zero-order valence-corrected chi connectivity index (χ0v) is 15.6. The summed E-state index contributed by atoms with van der Waals surface area (Å²) in [4.78, 5) is 12.4. The van der Waals surface area contributed by atoms with E-state index in [2.05, 4.69) is 17.6 Å². The van der Waals surface area contributed by atoms with Gasteiger partial charge in [-0.1, -0.05) is 19.1 Å². The van der Waals surface area contributed by atoms with Gasteiger partial charge in [-0.2, -0.15) is 0 Å². The Morgan fingerprint density at radius 3 is 2.80 bits per heavy atom. The summed E-state index contributed by atoms with van der Waals surface area (Å²) >= 11 is 0. The number of hydrogen-bond donors (Lipinski definition) is 2. The molecule has 1 aromatic rings. The Hall–Kier alpha value is -1.30. The Morgan fingerprint density at radius 2 is 2.08 bits per heavy atom. The number of para-hydroxylation sites is 2. The number of nitrogens with one attached hydrogen (secondary N) is 2. The van der Waals surface area contributed by atoms with Gasteiger partial charge in [0.25, 0.3) is 0 Å². The summed E-state index contributed by atoms with van der Waals surface area (Å²) in [6.07, 6.45) is 3.86. The normalized spacial score (nSPS) is 22.0. The lowest BCUT2D eigenvalue weighted by Crippen LogP contribution is -2.32. The number of piperidine rings is 1. The lowest BCUT2D eigenvalue weighted by atomic mass is 9.84. The fraction of sp³-hybridized carbons (Fsp3) is 0.632. The Morgan fingerprint density at radius 1 is 1.32 bits per heavy atom. The van der Waals surface area contributed by atoms with Crippen LogP contribution in [0.3, 0.4) is 0 Å². The van der Waals surface area contributed by atoms with Gasteiger partial charge in [0.2, 0.25) is 5.91 Å². The van der Waals surface area contributed by atoms with Crippen molar-refractivity contribution in [2.24, 2.45) is 11.8 Å². The van der Waals surface area contributed by atoms with Crippen molar-refractivity contribution < 1.29 is 14.3 Å². The average Bonchev–Trinajstić information content (AvgIpc) is 3.10. The van der Waals surface area contributed by atoms with Crippen LogP contribution in [-0.2, 0) is 9.53 Å². The average molecular weight is 369 g/mol. The molecule has 2 N–H and O–H groups in total. The molecule has 140 valence electrons. The summed E-state index contributed by atoms with van der Waals surface area (Å²) in [5.74, 6) is 1.85. The van der Waals surface area contributed by atoms with Gasteiger partial charge in [0.15, 0.2) is 0 Å². The van der Waals surface area contributed by atoms with Crippen LogP contribution in [0.4, 0.5) is 5.69 Å². The highest BCUT2D eigenvalue weighted by molar-refractivity contribution is 5.92. The third-order valence-electron chi connectivity index (χ3n) is 5.04. The molecular formula is C19H29ClN2O3. The second kappa shape index (κ2) is 10.00. The van der Waals surface area contributed by atoms with E-state index in [0.29, 0.717) is 24.9 Å². The maximum Gasteiger partial charge on any atom is 0.224 e. The molecule has 2 saturated heterocycles. The quantitative estimate of drug-likeness (QED) is 0.809. The molecule has 2 unspecified atom stereocenters. The van der Waals surface area contributed by atoms with Gasteiger partial charge in [-0.3, -0.25) is 4.79 Å². The first kappa shape index (κ1) is 20.0. The minimum Gasteiger partial charge on any atom is -0.486 e. The van der Waals surface area contributed by atoms with Crippen LogP contribution in [-0.4, -0.2) is 38.3 Å². The van der Waals surface area contributed by atoms with E-state index in [1.54, 1.807) is 0 Å². The van der Waals surface area contributed by atoms with Gasteiger partial charge in [0.05, 0.1) is 18.9 Å². The van der Waals surface area contributed by atoms with Crippen molar-refractivity contribution in [1.82, 2.24) is 5.32 Å². The molecule has 2 aliphatic rings. The van der Waals surface area contributed by atoms with Gasteiger partial charge >= 0.3 is 0 Å². The number of amides is 1. The van der Waals surface area contributed by atoms with Crippen molar-refractivity contribution in [2.45, 2.75) is 38.7 Å². The van der Waals surface area contributed by atoms with Gasteiger partial charge in [0, 0.05) is 12.8 Å². The second-order valence-electron chi connectivity index (χ2n) is 6.92. The van der Waals surface area contributed by atoms with E-state index in [4.69, 9.17) is 9.47 Å². The van der Waals surface area contributed by atoms with Crippen LogP contribution in [0.25, 0.3) is 0 Å². The highest BCUT2D eigenvalue weighted by atomic mass is 35.5. The maximum absolute atomic E-state index is 12.4. The molecule has 5 nitrogen and oxygen atoms in total. The van der Waals surface area contributed by atoms with Gasteiger partial charge in [-0.15, -0.1) is 12.4 Å². The molecule has 0 saturated carbocycles. The zero-order valence-electron chi connectivity index (χ0n) is 14.8. The van der Waals surface area contributed by atoms with E-state index in [9.17, 15) is 4.79 Å². The molecular weight excluding hydrogens is 340 g/mol. The molecule has 0 aliphatic carbocycles. The van der Waals surface area contributed by atoms with E-state index >= 15 is 0 Å². The summed E-state index contributed by atoms with van der Waals surface area (Å²) in [6, 6.07) is 7.66. The molecule has 1 aromatic carbocycles. The predicted molar refractivity (Wildman–Crippen MR) is 102 cm³/mol. The van der Waals surface area contributed by atoms with Gasteiger partial charge < -0.3 is 20.1 Å². The van der Waals surface area contributed by atoms with Crippen LogP contribution in [0.5, 0.6) is 5.75 Å². The molecule has 2 aliphatic heterocycles. The first-order chi connectivity index (χ1) is 11.7. The number of carbonyl (C=O) groups excluding carboxylic acids is 1. The SMILES string of the molecule is CC(CC(=O)Nc1ccccc1OC1CCOC1)C1CCNCC1.Cl.